The highest BCUT2D eigenvalue weighted by Gasteiger charge is 2.63. The van der Waals surface area contributed by atoms with Crippen LogP contribution in [0.3, 0.4) is 0 Å². The van der Waals surface area contributed by atoms with E-state index in [0.717, 1.165) is 35.6 Å². The number of fused-ring (bicyclic) bond motifs is 5. The maximum absolute atomic E-state index is 4.17. The fourth-order valence-corrected chi connectivity index (χ4v) is 9.54. The van der Waals surface area contributed by atoms with Crippen LogP contribution in [-0.2, 0) is 0 Å². The number of hydrogen-bond acceptors (Lipinski definition) is 1. The van der Waals surface area contributed by atoms with Crippen LogP contribution in [0.5, 0.6) is 0 Å². The van der Waals surface area contributed by atoms with Crippen LogP contribution in [0, 0.1) is 45.8 Å². The third-order valence-corrected chi connectivity index (χ3v) is 11.6. The Bertz CT molecular complexity index is 624. The largest absolute Gasteiger partial charge is 0.317 e. The summed E-state index contributed by atoms with van der Waals surface area (Å²) < 4.78 is 0. The second-order valence-electron chi connectivity index (χ2n) is 12.8. The van der Waals surface area contributed by atoms with Gasteiger partial charge in [-0.25, -0.2) is 0 Å². The molecule has 0 bridgehead atoms. The molecule has 4 saturated carbocycles. The smallest absolute Gasteiger partial charge is 0.00696 e. The van der Waals surface area contributed by atoms with Crippen molar-refractivity contribution in [2.75, 3.05) is 7.05 Å². The monoisotopic (exact) mass is 399 g/mol. The van der Waals surface area contributed by atoms with Crippen LogP contribution < -0.4 is 5.32 Å². The number of rotatable bonds is 5. The van der Waals surface area contributed by atoms with Gasteiger partial charge < -0.3 is 5.32 Å². The average Bonchev–Trinajstić information content (AvgIpc) is 3.03. The van der Waals surface area contributed by atoms with Crippen molar-refractivity contribution >= 4 is 0 Å². The summed E-state index contributed by atoms with van der Waals surface area (Å²) in [6.07, 6.45) is 15.9. The van der Waals surface area contributed by atoms with Gasteiger partial charge in [-0.05, 0) is 130 Å². The van der Waals surface area contributed by atoms with Crippen molar-refractivity contribution in [2.24, 2.45) is 45.8 Å². The third-order valence-electron chi connectivity index (χ3n) is 11.6. The first-order valence-corrected chi connectivity index (χ1v) is 13.0. The molecule has 0 heterocycles. The standard InChI is InChI=1S/C28H49N/c1-19(2)8-9-20(3)23-10-11-24-22-13-15-26(4)18-21(29-7)12-17-28(26,6)25(22)14-16-27(23,24)5/h20-25,29H,1,8-18H2,2-7H3. The molecule has 4 rings (SSSR count). The van der Waals surface area contributed by atoms with E-state index in [2.05, 4.69) is 53.6 Å². The number of nitrogens with one attached hydrogen (secondary N) is 1. The van der Waals surface area contributed by atoms with Gasteiger partial charge in [0.05, 0.1) is 0 Å². The van der Waals surface area contributed by atoms with E-state index in [4.69, 9.17) is 0 Å². The van der Waals surface area contributed by atoms with Gasteiger partial charge in [0.1, 0.15) is 0 Å². The summed E-state index contributed by atoms with van der Waals surface area (Å²) in [5.74, 6) is 4.82. The second-order valence-corrected chi connectivity index (χ2v) is 12.8. The Morgan fingerprint density at radius 1 is 1.00 bits per heavy atom. The molecule has 0 amide bonds. The molecule has 4 aliphatic rings. The van der Waals surface area contributed by atoms with Crippen LogP contribution in [0.4, 0.5) is 0 Å². The van der Waals surface area contributed by atoms with Crippen molar-refractivity contribution < 1.29 is 0 Å². The fraction of sp³-hybridized carbons (Fsp3) is 0.929. The van der Waals surface area contributed by atoms with Gasteiger partial charge in [-0.15, -0.1) is 6.58 Å². The lowest BCUT2D eigenvalue weighted by atomic mass is 9.40. The van der Waals surface area contributed by atoms with E-state index in [1.807, 2.05) is 0 Å². The van der Waals surface area contributed by atoms with Crippen LogP contribution in [0.2, 0.25) is 0 Å². The van der Waals surface area contributed by atoms with E-state index in [0.29, 0.717) is 16.2 Å². The van der Waals surface area contributed by atoms with E-state index in [9.17, 15) is 0 Å². The van der Waals surface area contributed by atoms with Crippen molar-refractivity contribution in [3.63, 3.8) is 0 Å². The molecule has 0 aliphatic heterocycles. The summed E-state index contributed by atoms with van der Waals surface area (Å²) in [7, 11) is 2.18. The minimum absolute atomic E-state index is 0.556. The van der Waals surface area contributed by atoms with Crippen LogP contribution in [0.25, 0.3) is 0 Å². The molecule has 0 saturated heterocycles. The summed E-state index contributed by atoms with van der Waals surface area (Å²) in [6.45, 7) is 17.0. The normalized spacial score (nSPS) is 50.3. The van der Waals surface area contributed by atoms with Gasteiger partial charge in [-0.3, -0.25) is 0 Å². The molecule has 9 unspecified atom stereocenters. The zero-order valence-electron chi connectivity index (χ0n) is 20.4. The molecular formula is C28H49N. The lowest BCUT2D eigenvalue weighted by molar-refractivity contribution is -0.158. The average molecular weight is 400 g/mol. The molecule has 29 heavy (non-hydrogen) atoms. The first kappa shape index (κ1) is 21.9. The Hall–Kier alpha value is -0.300. The minimum atomic E-state index is 0.556. The van der Waals surface area contributed by atoms with E-state index < -0.39 is 0 Å². The van der Waals surface area contributed by atoms with Crippen molar-refractivity contribution in [3.8, 4) is 0 Å². The predicted octanol–water partition coefficient (Wildman–Crippen LogP) is 7.62. The van der Waals surface area contributed by atoms with E-state index in [1.165, 1.54) is 76.2 Å². The van der Waals surface area contributed by atoms with Crippen LogP contribution in [0.1, 0.15) is 105 Å². The zero-order chi connectivity index (χ0) is 21.0. The van der Waals surface area contributed by atoms with Crippen molar-refractivity contribution in [1.82, 2.24) is 5.32 Å². The third kappa shape index (κ3) is 3.37. The Labute approximate surface area is 181 Å². The number of hydrogen-bond donors (Lipinski definition) is 1. The maximum atomic E-state index is 4.17. The molecule has 0 radical (unpaired) electrons. The number of allylic oxidation sites excluding steroid dienone is 1. The lowest BCUT2D eigenvalue weighted by Crippen LogP contribution is -2.59. The Morgan fingerprint density at radius 2 is 1.76 bits per heavy atom. The molecular weight excluding hydrogens is 350 g/mol. The lowest BCUT2D eigenvalue weighted by Gasteiger charge is -2.65. The van der Waals surface area contributed by atoms with Gasteiger partial charge in [-0.1, -0.05) is 33.3 Å². The minimum Gasteiger partial charge on any atom is -0.317 e. The summed E-state index contributed by atoms with van der Waals surface area (Å²) in [6, 6.07) is 0.753. The molecule has 9 atom stereocenters. The Kier molecular flexibility index (Phi) is 5.81. The quantitative estimate of drug-likeness (QED) is 0.469. The van der Waals surface area contributed by atoms with Crippen molar-refractivity contribution in [1.29, 1.82) is 0 Å². The molecule has 4 aliphatic carbocycles. The molecule has 4 fully saturated rings. The van der Waals surface area contributed by atoms with Crippen molar-refractivity contribution in [3.05, 3.63) is 12.2 Å². The molecule has 0 aromatic carbocycles. The Balaban J connectivity index is 1.53. The van der Waals surface area contributed by atoms with Gasteiger partial charge in [-0.2, -0.15) is 0 Å². The van der Waals surface area contributed by atoms with E-state index >= 15 is 0 Å². The highest BCUT2D eigenvalue weighted by Crippen LogP contribution is 2.71. The van der Waals surface area contributed by atoms with Gasteiger partial charge in [0, 0.05) is 6.04 Å². The summed E-state index contributed by atoms with van der Waals surface area (Å²) in [5, 5.41) is 3.63. The maximum Gasteiger partial charge on any atom is 0.00696 e. The fourth-order valence-electron chi connectivity index (χ4n) is 9.54. The molecule has 0 aromatic heterocycles. The van der Waals surface area contributed by atoms with Gasteiger partial charge in [0.25, 0.3) is 0 Å². The highest BCUT2D eigenvalue weighted by atomic mass is 14.9. The molecule has 1 nitrogen and oxygen atoms in total. The van der Waals surface area contributed by atoms with Gasteiger partial charge in [0.2, 0.25) is 0 Å². The summed E-state index contributed by atoms with van der Waals surface area (Å²) in [5.41, 5.74) is 3.12. The van der Waals surface area contributed by atoms with Gasteiger partial charge in [0.15, 0.2) is 0 Å². The Morgan fingerprint density at radius 3 is 2.45 bits per heavy atom. The van der Waals surface area contributed by atoms with Crippen LogP contribution in [-0.4, -0.2) is 13.1 Å². The SMILES string of the molecule is C=C(C)CCC(C)C1CCC2C3CCC4(C)CC(NC)CCC4(C)C3CCC12C. The zero-order valence-corrected chi connectivity index (χ0v) is 20.4. The predicted molar refractivity (Wildman–Crippen MR) is 126 cm³/mol. The van der Waals surface area contributed by atoms with Gasteiger partial charge >= 0.3 is 0 Å². The molecule has 166 valence electrons. The first-order chi connectivity index (χ1) is 13.6. The van der Waals surface area contributed by atoms with Crippen LogP contribution in [0.15, 0.2) is 12.2 Å². The summed E-state index contributed by atoms with van der Waals surface area (Å²) >= 11 is 0. The molecule has 1 N–H and O–H groups in total. The van der Waals surface area contributed by atoms with E-state index in [-0.39, 0.29) is 0 Å². The molecule has 0 aromatic rings. The molecule has 1 heteroatoms. The van der Waals surface area contributed by atoms with Crippen LogP contribution >= 0.6 is 0 Å². The van der Waals surface area contributed by atoms with E-state index in [1.54, 1.807) is 0 Å². The van der Waals surface area contributed by atoms with Crippen molar-refractivity contribution in [2.45, 2.75) is 111 Å². The first-order valence-electron chi connectivity index (χ1n) is 13.0. The highest BCUT2D eigenvalue weighted by molar-refractivity contribution is 5.13. The topological polar surface area (TPSA) is 12.0 Å². The second kappa shape index (κ2) is 7.68. The summed E-state index contributed by atoms with van der Waals surface area (Å²) in [4.78, 5) is 0. The molecule has 0 spiro atoms.